The largest absolute Gasteiger partial charge is 0.396 e. The van der Waals surface area contributed by atoms with Crippen LogP contribution in [0.25, 0.3) is 0 Å². The minimum atomic E-state index is 0.300. The van der Waals surface area contributed by atoms with Gasteiger partial charge in [0.05, 0.1) is 5.02 Å². The lowest BCUT2D eigenvalue weighted by Gasteiger charge is -2.02. The summed E-state index contributed by atoms with van der Waals surface area (Å²) in [7, 11) is 0. The molecule has 5 heteroatoms. The van der Waals surface area contributed by atoms with Crippen molar-refractivity contribution in [2.45, 2.75) is 13.0 Å². The third kappa shape index (κ3) is 6.43. The van der Waals surface area contributed by atoms with Crippen LogP contribution < -0.4 is 5.32 Å². The molecule has 0 bridgehead atoms. The first-order chi connectivity index (χ1) is 7.33. The molecule has 0 aliphatic heterocycles. The van der Waals surface area contributed by atoms with Crippen LogP contribution >= 0.6 is 34.7 Å². The molecule has 1 aromatic heterocycles. The fourth-order valence-corrected chi connectivity index (χ4v) is 2.94. The predicted octanol–water partition coefficient (Wildman–Crippen LogP) is 2.61. The lowest BCUT2D eigenvalue weighted by atomic mass is 10.4. The number of hydrogen-bond donors (Lipinski definition) is 2. The maximum atomic E-state index is 8.58. The molecule has 1 aromatic rings. The second-order valence-electron chi connectivity index (χ2n) is 3.10. The van der Waals surface area contributed by atoms with Crippen molar-refractivity contribution in [1.29, 1.82) is 0 Å². The number of thioether (sulfide) groups is 1. The summed E-state index contributed by atoms with van der Waals surface area (Å²) < 4.78 is 0. The molecule has 0 atom stereocenters. The van der Waals surface area contributed by atoms with Gasteiger partial charge in [-0.05, 0) is 18.2 Å². The van der Waals surface area contributed by atoms with Gasteiger partial charge in [-0.2, -0.15) is 11.8 Å². The average molecular weight is 266 g/mol. The van der Waals surface area contributed by atoms with E-state index in [4.69, 9.17) is 16.7 Å². The van der Waals surface area contributed by atoms with E-state index >= 15 is 0 Å². The highest BCUT2D eigenvalue weighted by Crippen LogP contribution is 2.18. The SMILES string of the molecule is OCCCSCCNCc1cc(Cl)cs1. The normalized spacial score (nSPS) is 10.8. The summed E-state index contributed by atoms with van der Waals surface area (Å²) in [4.78, 5) is 1.28. The van der Waals surface area contributed by atoms with E-state index in [9.17, 15) is 0 Å². The van der Waals surface area contributed by atoms with E-state index < -0.39 is 0 Å². The van der Waals surface area contributed by atoms with Crippen LogP contribution in [0.2, 0.25) is 5.02 Å². The first-order valence-corrected chi connectivity index (χ1v) is 7.36. The fourth-order valence-electron chi connectivity index (χ4n) is 1.07. The average Bonchev–Trinajstić information content (AvgIpc) is 2.63. The van der Waals surface area contributed by atoms with Gasteiger partial charge in [-0.25, -0.2) is 0 Å². The number of hydrogen-bond acceptors (Lipinski definition) is 4. The molecule has 2 nitrogen and oxygen atoms in total. The lowest BCUT2D eigenvalue weighted by Crippen LogP contribution is -2.15. The number of halogens is 1. The van der Waals surface area contributed by atoms with Gasteiger partial charge in [0.2, 0.25) is 0 Å². The van der Waals surface area contributed by atoms with Crippen LogP contribution in [-0.4, -0.2) is 29.8 Å². The molecule has 0 amide bonds. The number of thiophene rings is 1. The van der Waals surface area contributed by atoms with Crippen LogP contribution in [0.3, 0.4) is 0 Å². The summed E-state index contributed by atoms with van der Waals surface area (Å²) >= 11 is 9.37. The van der Waals surface area contributed by atoms with E-state index in [-0.39, 0.29) is 0 Å². The smallest absolute Gasteiger partial charge is 0.0516 e. The van der Waals surface area contributed by atoms with Crippen molar-refractivity contribution in [2.24, 2.45) is 0 Å². The first kappa shape index (κ1) is 13.3. The quantitative estimate of drug-likeness (QED) is 0.709. The Balaban J connectivity index is 1.93. The van der Waals surface area contributed by atoms with Crippen molar-refractivity contribution in [2.75, 3.05) is 24.7 Å². The molecule has 0 aromatic carbocycles. The molecule has 1 rings (SSSR count). The summed E-state index contributed by atoms with van der Waals surface area (Å²) in [6.45, 7) is 2.21. The van der Waals surface area contributed by atoms with Gasteiger partial charge in [-0.1, -0.05) is 11.6 Å². The monoisotopic (exact) mass is 265 g/mol. The van der Waals surface area contributed by atoms with E-state index in [1.165, 1.54) is 4.88 Å². The molecule has 86 valence electrons. The number of aliphatic hydroxyl groups is 1. The fraction of sp³-hybridized carbons (Fsp3) is 0.600. The Kier molecular flexibility index (Phi) is 7.48. The third-order valence-corrected chi connectivity index (χ3v) is 4.15. The van der Waals surface area contributed by atoms with Gasteiger partial charge in [0, 0.05) is 35.7 Å². The molecule has 0 radical (unpaired) electrons. The zero-order valence-electron chi connectivity index (χ0n) is 8.54. The highest BCUT2D eigenvalue weighted by Gasteiger charge is 1.96. The Labute approximate surface area is 104 Å². The zero-order valence-corrected chi connectivity index (χ0v) is 10.9. The molecule has 2 N–H and O–H groups in total. The molecule has 0 aliphatic carbocycles. The Morgan fingerprint density at radius 2 is 2.33 bits per heavy atom. The van der Waals surface area contributed by atoms with E-state index in [2.05, 4.69) is 5.32 Å². The summed E-state index contributed by atoms with van der Waals surface area (Å²) in [6.07, 6.45) is 0.894. The van der Waals surface area contributed by atoms with Gasteiger partial charge in [0.25, 0.3) is 0 Å². The second kappa shape index (κ2) is 8.42. The van der Waals surface area contributed by atoms with Crippen LogP contribution in [0.5, 0.6) is 0 Å². The molecule has 1 heterocycles. The van der Waals surface area contributed by atoms with Gasteiger partial charge in [0.1, 0.15) is 0 Å². The molecule has 15 heavy (non-hydrogen) atoms. The number of rotatable bonds is 8. The van der Waals surface area contributed by atoms with Gasteiger partial charge < -0.3 is 10.4 Å². The molecule has 0 spiro atoms. The Bertz CT molecular complexity index is 268. The Morgan fingerprint density at radius 3 is 3.00 bits per heavy atom. The summed E-state index contributed by atoms with van der Waals surface area (Å²) in [5.74, 6) is 2.14. The molecule has 0 saturated heterocycles. The van der Waals surface area contributed by atoms with Crippen LogP contribution in [0.4, 0.5) is 0 Å². The second-order valence-corrected chi connectivity index (χ2v) is 5.75. The van der Waals surface area contributed by atoms with Crippen LogP contribution in [-0.2, 0) is 6.54 Å². The highest BCUT2D eigenvalue weighted by atomic mass is 35.5. The Morgan fingerprint density at radius 1 is 1.47 bits per heavy atom. The third-order valence-electron chi connectivity index (χ3n) is 1.79. The van der Waals surface area contributed by atoms with E-state index in [0.717, 1.165) is 36.0 Å². The van der Waals surface area contributed by atoms with E-state index in [1.807, 2.05) is 23.2 Å². The lowest BCUT2D eigenvalue weighted by molar-refractivity contribution is 0.296. The topological polar surface area (TPSA) is 32.3 Å². The molecular weight excluding hydrogens is 250 g/mol. The van der Waals surface area contributed by atoms with Crippen molar-refractivity contribution in [3.63, 3.8) is 0 Å². The minimum absolute atomic E-state index is 0.300. The van der Waals surface area contributed by atoms with Crippen molar-refractivity contribution < 1.29 is 5.11 Å². The van der Waals surface area contributed by atoms with Crippen LogP contribution in [0, 0.1) is 0 Å². The minimum Gasteiger partial charge on any atom is -0.396 e. The van der Waals surface area contributed by atoms with Gasteiger partial charge >= 0.3 is 0 Å². The van der Waals surface area contributed by atoms with E-state index in [0.29, 0.717) is 6.61 Å². The summed E-state index contributed by atoms with van der Waals surface area (Å²) in [6, 6.07) is 2.00. The van der Waals surface area contributed by atoms with Crippen LogP contribution in [0.15, 0.2) is 11.4 Å². The zero-order chi connectivity index (χ0) is 10.9. The van der Waals surface area contributed by atoms with Crippen molar-refractivity contribution >= 4 is 34.7 Å². The van der Waals surface area contributed by atoms with Crippen molar-refractivity contribution in [1.82, 2.24) is 5.32 Å². The maximum absolute atomic E-state index is 8.58. The predicted molar refractivity (Wildman–Crippen MR) is 70.1 cm³/mol. The summed E-state index contributed by atoms with van der Waals surface area (Å²) in [5.41, 5.74) is 0. The number of aliphatic hydroxyl groups excluding tert-OH is 1. The standard InChI is InChI=1S/C10H16ClNOS2/c11-9-6-10(15-8-9)7-12-2-5-14-4-1-3-13/h6,8,12-13H,1-5,7H2. The molecule has 0 saturated carbocycles. The van der Waals surface area contributed by atoms with Crippen molar-refractivity contribution in [3.8, 4) is 0 Å². The first-order valence-electron chi connectivity index (χ1n) is 4.95. The molecule has 0 unspecified atom stereocenters. The van der Waals surface area contributed by atoms with Gasteiger partial charge in [-0.3, -0.25) is 0 Å². The van der Waals surface area contributed by atoms with Crippen LogP contribution in [0.1, 0.15) is 11.3 Å². The summed E-state index contributed by atoms with van der Waals surface area (Å²) in [5, 5.41) is 14.7. The van der Waals surface area contributed by atoms with Crippen molar-refractivity contribution in [3.05, 3.63) is 21.3 Å². The Hall–Kier alpha value is 0.260. The number of nitrogens with one attached hydrogen (secondary N) is 1. The molecule has 0 fully saturated rings. The van der Waals surface area contributed by atoms with Gasteiger partial charge in [0.15, 0.2) is 0 Å². The maximum Gasteiger partial charge on any atom is 0.0516 e. The van der Waals surface area contributed by atoms with Gasteiger partial charge in [-0.15, -0.1) is 11.3 Å². The highest BCUT2D eigenvalue weighted by molar-refractivity contribution is 7.99. The molecule has 0 aliphatic rings. The molecular formula is C10H16ClNOS2. The van der Waals surface area contributed by atoms with E-state index in [1.54, 1.807) is 11.3 Å².